The molecule has 0 aromatic rings. The summed E-state index contributed by atoms with van der Waals surface area (Å²) in [7, 11) is -3.72. The molecule has 0 aromatic heterocycles. The fourth-order valence-electron chi connectivity index (χ4n) is 0.902. The molecular weight excluding hydrogens is 264 g/mol. The molecule has 0 saturated heterocycles. The second-order valence-electron chi connectivity index (χ2n) is 4.32. The number of carbonyl (C=O) groups excluding carboxylic acids is 2. The van der Waals surface area contributed by atoms with E-state index in [4.69, 9.17) is 10.8 Å². The number of sulfone groups is 1. The molecule has 0 saturated carbocycles. The molecule has 0 unspecified atom stereocenters. The molecule has 1 atom stereocenters. The van der Waals surface area contributed by atoms with Crippen molar-refractivity contribution in [3.05, 3.63) is 0 Å². The molecule has 8 nitrogen and oxygen atoms in total. The topological polar surface area (TPSA) is 144 Å². The number of rotatable bonds is 6. The van der Waals surface area contributed by atoms with Gasteiger partial charge in [-0.2, -0.15) is 0 Å². The van der Waals surface area contributed by atoms with Gasteiger partial charge in [-0.25, -0.2) is 13.2 Å². The molecule has 0 bridgehead atoms. The Kier molecular flexibility index (Phi) is 4.85. The molecule has 0 radical (unpaired) electrons. The third-order valence-electron chi connectivity index (χ3n) is 2.48. The first-order chi connectivity index (χ1) is 7.89. The molecule has 2 amide bonds. The third-order valence-corrected chi connectivity index (χ3v) is 4.52. The van der Waals surface area contributed by atoms with Gasteiger partial charge in [0.1, 0.15) is 10.8 Å². The van der Waals surface area contributed by atoms with Gasteiger partial charge in [0.2, 0.25) is 11.8 Å². The lowest BCUT2D eigenvalue weighted by Gasteiger charge is -2.23. The van der Waals surface area contributed by atoms with Crippen LogP contribution in [0.15, 0.2) is 0 Å². The lowest BCUT2D eigenvalue weighted by molar-refractivity contribution is -0.143. The van der Waals surface area contributed by atoms with Crippen molar-refractivity contribution in [2.24, 2.45) is 5.73 Å². The van der Waals surface area contributed by atoms with Crippen LogP contribution >= 0.6 is 0 Å². The zero-order valence-electron chi connectivity index (χ0n) is 10.3. The van der Waals surface area contributed by atoms with Crippen molar-refractivity contribution in [3.63, 3.8) is 0 Å². The summed E-state index contributed by atoms with van der Waals surface area (Å²) in [4.78, 5) is 33.1. The van der Waals surface area contributed by atoms with Crippen LogP contribution in [0.2, 0.25) is 0 Å². The maximum Gasteiger partial charge on any atom is 0.326 e. The average Bonchev–Trinajstić information content (AvgIpc) is 2.13. The number of amides is 2. The quantitative estimate of drug-likeness (QED) is 0.526. The maximum absolute atomic E-state index is 11.7. The summed E-state index contributed by atoms with van der Waals surface area (Å²) >= 11 is 0. The fourth-order valence-corrected chi connectivity index (χ4v) is 1.30. The van der Waals surface area contributed by atoms with Crippen LogP contribution < -0.4 is 11.1 Å². The minimum absolute atomic E-state index is 0.610. The summed E-state index contributed by atoms with van der Waals surface area (Å²) in [6.45, 7) is 2.28. The first-order valence-corrected chi connectivity index (χ1v) is 6.80. The highest BCUT2D eigenvalue weighted by Gasteiger charge is 2.40. The summed E-state index contributed by atoms with van der Waals surface area (Å²) in [5.74, 6) is -3.38. The molecule has 0 fully saturated rings. The van der Waals surface area contributed by atoms with Gasteiger partial charge in [0.15, 0.2) is 9.84 Å². The maximum atomic E-state index is 11.7. The van der Waals surface area contributed by atoms with Crippen LogP contribution in [-0.2, 0) is 24.2 Å². The Morgan fingerprint density at radius 3 is 2.06 bits per heavy atom. The summed E-state index contributed by atoms with van der Waals surface area (Å²) in [6, 6.07) is -1.55. The van der Waals surface area contributed by atoms with E-state index in [1.54, 1.807) is 0 Å². The van der Waals surface area contributed by atoms with Crippen LogP contribution in [0.3, 0.4) is 0 Å². The number of primary amides is 1. The predicted octanol–water partition coefficient (Wildman–Crippen LogP) is -1.75. The van der Waals surface area contributed by atoms with Crippen LogP contribution in [0.4, 0.5) is 0 Å². The van der Waals surface area contributed by atoms with Gasteiger partial charge in [-0.3, -0.25) is 9.59 Å². The number of hydrogen-bond donors (Lipinski definition) is 3. The number of nitrogens with one attached hydrogen (secondary N) is 1. The lowest BCUT2D eigenvalue weighted by atomic mass is 10.1. The Hall–Kier alpha value is -1.64. The molecule has 0 aromatic carbocycles. The molecule has 104 valence electrons. The van der Waals surface area contributed by atoms with Gasteiger partial charge >= 0.3 is 5.97 Å². The molecule has 0 heterocycles. The van der Waals surface area contributed by atoms with E-state index >= 15 is 0 Å². The summed E-state index contributed by atoms with van der Waals surface area (Å²) < 4.78 is 20.9. The number of hydrogen-bond acceptors (Lipinski definition) is 5. The zero-order chi connectivity index (χ0) is 14.7. The van der Waals surface area contributed by atoms with Crippen molar-refractivity contribution in [1.82, 2.24) is 5.32 Å². The van der Waals surface area contributed by atoms with Crippen molar-refractivity contribution in [1.29, 1.82) is 0 Å². The van der Waals surface area contributed by atoms with Gasteiger partial charge in [0, 0.05) is 6.26 Å². The second-order valence-corrected chi connectivity index (χ2v) is 6.88. The third kappa shape index (κ3) is 3.99. The van der Waals surface area contributed by atoms with Gasteiger partial charge < -0.3 is 16.2 Å². The Bertz CT molecular complexity index is 467. The molecule has 9 heteroatoms. The first-order valence-electron chi connectivity index (χ1n) is 4.91. The molecular formula is C9H16N2O6S. The second kappa shape index (κ2) is 5.34. The SMILES string of the molecule is CC(C)(C(=O)N[C@H](CC(N)=O)C(=O)O)S(C)(=O)=O. The minimum atomic E-state index is -3.72. The van der Waals surface area contributed by atoms with Gasteiger partial charge in [-0.1, -0.05) is 0 Å². The van der Waals surface area contributed by atoms with E-state index in [0.717, 1.165) is 20.1 Å². The zero-order valence-corrected chi connectivity index (χ0v) is 11.1. The monoisotopic (exact) mass is 280 g/mol. The van der Waals surface area contributed by atoms with Crippen LogP contribution in [0.5, 0.6) is 0 Å². The number of carboxylic acid groups (broad SMARTS) is 1. The highest BCUT2D eigenvalue weighted by Crippen LogP contribution is 2.15. The van der Waals surface area contributed by atoms with E-state index in [-0.39, 0.29) is 0 Å². The summed E-state index contributed by atoms with van der Waals surface area (Å²) in [5, 5.41) is 10.7. The average molecular weight is 280 g/mol. The molecule has 0 aliphatic carbocycles. The van der Waals surface area contributed by atoms with Crippen molar-refractivity contribution < 1.29 is 27.9 Å². The lowest BCUT2D eigenvalue weighted by Crippen LogP contribution is -2.53. The largest absolute Gasteiger partial charge is 0.480 e. The Balaban J connectivity index is 5.03. The molecule has 0 aliphatic heterocycles. The van der Waals surface area contributed by atoms with Gasteiger partial charge in [0.05, 0.1) is 6.42 Å². The minimum Gasteiger partial charge on any atom is -0.480 e. The number of nitrogens with two attached hydrogens (primary N) is 1. The van der Waals surface area contributed by atoms with Gasteiger partial charge in [-0.05, 0) is 13.8 Å². The van der Waals surface area contributed by atoms with E-state index in [0.29, 0.717) is 0 Å². The van der Waals surface area contributed by atoms with Crippen LogP contribution in [0, 0.1) is 0 Å². The Morgan fingerprint density at radius 1 is 1.33 bits per heavy atom. The Labute approximate surface area is 104 Å². The first kappa shape index (κ1) is 16.4. The summed E-state index contributed by atoms with van der Waals surface area (Å²) in [6.07, 6.45) is 0.247. The number of carboxylic acids is 1. The fraction of sp³-hybridized carbons (Fsp3) is 0.667. The van der Waals surface area contributed by atoms with Crippen molar-refractivity contribution in [2.45, 2.75) is 31.1 Å². The molecule has 0 rings (SSSR count). The van der Waals surface area contributed by atoms with E-state index in [1.807, 2.05) is 5.32 Å². The van der Waals surface area contributed by atoms with Crippen LogP contribution in [0.25, 0.3) is 0 Å². The van der Waals surface area contributed by atoms with Crippen molar-refractivity contribution >= 4 is 27.6 Å². The van der Waals surface area contributed by atoms with Crippen LogP contribution in [-0.4, -0.2) is 48.4 Å². The van der Waals surface area contributed by atoms with Gasteiger partial charge in [-0.15, -0.1) is 0 Å². The van der Waals surface area contributed by atoms with E-state index < -0.39 is 44.8 Å². The molecule has 0 spiro atoms. The summed E-state index contributed by atoms with van der Waals surface area (Å²) in [5.41, 5.74) is 4.83. The van der Waals surface area contributed by atoms with Gasteiger partial charge in [0.25, 0.3) is 0 Å². The smallest absolute Gasteiger partial charge is 0.326 e. The van der Waals surface area contributed by atoms with Crippen LogP contribution in [0.1, 0.15) is 20.3 Å². The number of aliphatic carboxylic acids is 1. The number of carbonyl (C=O) groups is 3. The predicted molar refractivity (Wildman–Crippen MR) is 62.3 cm³/mol. The highest BCUT2D eigenvalue weighted by molar-refractivity contribution is 7.92. The normalized spacial score (nSPS) is 13.7. The molecule has 18 heavy (non-hydrogen) atoms. The standard InChI is InChI=1S/C9H16N2O6S/c1-9(2,18(3,16)17)8(15)11-5(7(13)14)4-6(10)12/h5H,4H2,1-3H3,(H2,10,12)(H,11,15)(H,13,14)/t5-/m1/s1. The highest BCUT2D eigenvalue weighted by atomic mass is 32.2. The van der Waals surface area contributed by atoms with Crippen molar-refractivity contribution in [2.75, 3.05) is 6.26 Å². The Morgan fingerprint density at radius 2 is 1.78 bits per heavy atom. The van der Waals surface area contributed by atoms with E-state index in [2.05, 4.69) is 0 Å². The van der Waals surface area contributed by atoms with E-state index in [9.17, 15) is 22.8 Å². The van der Waals surface area contributed by atoms with E-state index in [1.165, 1.54) is 0 Å². The van der Waals surface area contributed by atoms with Crippen molar-refractivity contribution in [3.8, 4) is 0 Å². The molecule has 4 N–H and O–H groups in total. The molecule has 0 aliphatic rings.